The molecule has 0 saturated heterocycles. The van der Waals surface area contributed by atoms with Gasteiger partial charge in [-0.3, -0.25) is 0 Å². The van der Waals surface area contributed by atoms with E-state index in [1.54, 1.807) is 13.2 Å². The molecule has 0 aromatic heterocycles. The molecule has 0 bridgehead atoms. The molecule has 0 fully saturated rings. The maximum atomic E-state index is 11.7. The molecule has 0 unspecified atom stereocenters. The highest BCUT2D eigenvalue weighted by atomic mass is 16.5. The van der Waals surface area contributed by atoms with Crippen molar-refractivity contribution in [2.24, 2.45) is 0 Å². The molecule has 0 aliphatic carbocycles. The van der Waals surface area contributed by atoms with Crippen molar-refractivity contribution in [3.8, 4) is 5.75 Å². The Morgan fingerprint density at radius 2 is 1.45 bits per heavy atom. The average molecular weight is 266 g/mol. The van der Waals surface area contributed by atoms with E-state index in [0.29, 0.717) is 5.56 Å². The number of benzene rings is 3. The van der Waals surface area contributed by atoms with Gasteiger partial charge >= 0.3 is 5.97 Å². The van der Waals surface area contributed by atoms with Gasteiger partial charge in [0.15, 0.2) is 0 Å². The van der Waals surface area contributed by atoms with Gasteiger partial charge in [0, 0.05) is 0 Å². The first-order valence-electron chi connectivity index (χ1n) is 6.32. The number of carbonyl (C=O) groups is 1. The van der Waals surface area contributed by atoms with Crippen LogP contribution in [0.3, 0.4) is 0 Å². The van der Waals surface area contributed by atoms with Gasteiger partial charge in [-0.2, -0.15) is 0 Å². The Morgan fingerprint density at radius 3 is 2.10 bits per heavy atom. The maximum absolute atomic E-state index is 11.7. The number of fused-ring (bicyclic) bond motifs is 3. The number of rotatable bonds is 2. The molecule has 0 heterocycles. The summed E-state index contributed by atoms with van der Waals surface area (Å²) in [5, 5.41) is 4.27. The molecule has 0 atom stereocenters. The lowest BCUT2D eigenvalue weighted by molar-refractivity contribution is 0.0601. The first kappa shape index (κ1) is 12.5. The molecular weight excluding hydrogens is 252 g/mol. The summed E-state index contributed by atoms with van der Waals surface area (Å²) in [5.41, 5.74) is 0.551. The van der Waals surface area contributed by atoms with Crippen molar-refractivity contribution in [1.82, 2.24) is 0 Å². The summed E-state index contributed by atoms with van der Waals surface area (Å²) in [4.78, 5) is 11.7. The summed E-state index contributed by atoms with van der Waals surface area (Å²) in [5.74, 6) is 0.472. The highest BCUT2D eigenvalue weighted by molar-refractivity contribution is 6.10. The topological polar surface area (TPSA) is 35.5 Å². The molecule has 0 saturated carbocycles. The van der Waals surface area contributed by atoms with E-state index in [4.69, 9.17) is 9.47 Å². The molecule has 0 N–H and O–H groups in total. The fraction of sp³-hybridized carbons (Fsp3) is 0.118. The van der Waals surface area contributed by atoms with E-state index in [0.717, 1.165) is 27.3 Å². The minimum Gasteiger partial charge on any atom is -0.497 e. The van der Waals surface area contributed by atoms with Gasteiger partial charge in [0.25, 0.3) is 0 Å². The van der Waals surface area contributed by atoms with Gasteiger partial charge in [0.2, 0.25) is 0 Å². The van der Waals surface area contributed by atoms with E-state index in [2.05, 4.69) is 6.07 Å². The second kappa shape index (κ2) is 4.85. The van der Waals surface area contributed by atoms with Gasteiger partial charge in [-0.15, -0.1) is 0 Å². The van der Waals surface area contributed by atoms with E-state index < -0.39 is 0 Å². The van der Waals surface area contributed by atoms with Crippen LogP contribution >= 0.6 is 0 Å². The highest BCUT2D eigenvalue weighted by Gasteiger charge is 2.08. The standard InChI is InChI=1S/C17H14O3/c1-19-14-8-7-12-4-3-11-5-6-13(17(18)20-2)9-15(11)16(12)10-14/h3-10H,1-2H3. The minimum absolute atomic E-state index is 0.327. The van der Waals surface area contributed by atoms with E-state index in [9.17, 15) is 4.79 Å². The Bertz CT molecular complexity index is 806. The van der Waals surface area contributed by atoms with Crippen LogP contribution in [0.25, 0.3) is 21.5 Å². The van der Waals surface area contributed by atoms with Gasteiger partial charge in [0.1, 0.15) is 5.75 Å². The predicted octanol–water partition coefficient (Wildman–Crippen LogP) is 3.79. The molecule has 0 aliphatic rings. The Morgan fingerprint density at radius 1 is 0.850 bits per heavy atom. The lowest BCUT2D eigenvalue weighted by Crippen LogP contribution is -2.00. The molecule has 3 aromatic rings. The molecule has 3 nitrogen and oxygen atoms in total. The van der Waals surface area contributed by atoms with Crippen molar-refractivity contribution in [2.75, 3.05) is 14.2 Å². The van der Waals surface area contributed by atoms with Crippen molar-refractivity contribution in [3.05, 3.63) is 54.1 Å². The number of methoxy groups -OCH3 is 2. The molecule has 3 rings (SSSR count). The van der Waals surface area contributed by atoms with Crippen molar-refractivity contribution in [1.29, 1.82) is 0 Å². The summed E-state index contributed by atoms with van der Waals surface area (Å²) in [6, 6.07) is 15.6. The minimum atomic E-state index is -0.327. The number of esters is 1. The normalized spacial score (nSPS) is 10.7. The zero-order valence-electron chi connectivity index (χ0n) is 11.3. The second-order valence-corrected chi connectivity index (χ2v) is 4.58. The van der Waals surface area contributed by atoms with E-state index >= 15 is 0 Å². The Hall–Kier alpha value is -2.55. The molecule has 100 valence electrons. The molecule has 3 aromatic carbocycles. The molecule has 3 heteroatoms. The Labute approximate surface area is 116 Å². The van der Waals surface area contributed by atoms with Crippen LogP contribution in [0.1, 0.15) is 10.4 Å². The van der Waals surface area contributed by atoms with Crippen LogP contribution in [0, 0.1) is 0 Å². The Balaban J connectivity index is 2.34. The van der Waals surface area contributed by atoms with E-state index in [1.165, 1.54) is 7.11 Å². The fourth-order valence-corrected chi connectivity index (χ4v) is 2.40. The van der Waals surface area contributed by atoms with Crippen molar-refractivity contribution in [3.63, 3.8) is 0 Å². The van der Waals surface area contributed by atoms with Crippen LogP contribution < -0.4 is 4.74 Å². The summed E-state index contributed by atoms with van der Waals surface area (Å²) in [7, 11) is 3.03. The summed E-state index contributed by atoms with van der Waals surface area (Å²) >= 11 is 0. The van der Waals surface area contributed by atoms with E-state index in [-0.39, 0.29) is 5.97 Å². The smallest absolute Gasteiger partial charge is 0.337 e. The van der Waals surface area contributed by atoms with Gasteiger partial charge in [-0.25, -0.2) is 4.79 Å². The predicted molar refractivity (Wildman–Crippen MR) is 79.3 cm³/mol. The van der Waals surface area contributed by atoms with Gasteiger partial charge in [0.05, 0.1) is 19.8 Å². The third-order valence-electron chi connectivity index (χ3n) is 3.47. The molecule has 0 radical (unpaired) electrons. The molecule has 20 heavy (non-hydrogen) atoms. The number of ether oxygens (including phenoxy) is 2. The largest absolute Gasteiger partial charge is 0.497 e. The first-order chi connectivity index (χ1) is 9.72. The first-order valence-corrected chi connectivity index (χ1v) is 6.32. The lowest BCUT2D eigenvalue weighted by atomic mass is 10.00. The van der Waals surface area contributed by atoms with Gasteiger partial charge < -0.3 is 9.47 Å². The van der Waals surface area contributed by atoms with Crippen LogP contribution in [-0.4, -0.2) is 20.2 Å². The zero-order chi connectivity index (χ0) is 14.1. The average Bonchev–Trinajstić information content (AvgIpc) is 2.52. The number of carbonyl (C=O) groups excluding carboxylic acids is 1. The van der Waals surface area contributed by atoms with Crippen LogP contribution in [0.5, 0.6) is 5.75 Å². The zero-order valence-corrected chi connectivity index (χ0v) is 11.3. The Kier molecular flexibility index (Phi) is 3.03. The fourth-order valence-electron chi connectivity index (χ4n) is 2.40. The van der Waals surface area contributed by atoms with Crippen LogP contribution in [0.4, 0.5) is 0 Å². The van der Waals surface area contributed by atoms with Gasteiger partial charge in [-0.1, -0.05) is 24.3 Å². The van der Waals surface area contributed by atoms with E-state index in [1.807, 2.05) is 36.4 Å². The third kappa shape index (κ3) is 1.97. The molecule has 0 aliphatic heterocycles. The lowest BCUT2D eigenvalue weighted by Gasteiger charge is -2.08. The summed E-state index contributed by atoms with van der Waals surface area (Å²) < 4.78 is 10.1. The quantitative estimate of drug-likeness (QED) is 0.523. The van der Waals surface area contributed by atoms with Crippen molar-refractivity contribution < 1.29 is 14.3 Å². The van der Waals surface area contributed by atoms with Crippen LogP contribution in [-0.2, 0) is 4.74 Å². The second-order valence-electron chi connectivity index (χ2n) is 4.58. The van der Waals surface area contributed by atoms with Crippen LogP contribution in [0.15, 0.2) is 48.5 Å². The highest BCUT2D eigenvalue weighted by Crippen LogP contribution is 2.29. The number of hydrogen-bond donors (Lipinski definition) is 0. The molecule has 0 amide bonds. The van der Waals surface area contributed by atoms with Crippen molar-refractivity contribution >= 4 is 27.5 Å². The van der Waals surface area contributed by atoms with Gasteiger partial charge in [-0.05, 0) is 45.8 Å². The number of hydrogen-bond acceptors (Lipinski definition) is 3. The monoisotopic (exact) mass is 266 g/mol. The SMILES string of the molecule is COC(=O)c1ccc2ccc3ccc(OC)cc3c2c1. The third-order valence-corrected chi connectivity index (χ3v) is 3.47. The summed E-state index contributed by atoms with van der Waals surface area (Å²) in [6.45, 7) is 0. The van der Waals surface area contributed by atoms with Crippen LogP contribution in [0.2, 0.25) is 0 Å². The molecule has 0 spiro atoms. The summed E-state index contributed by atoms with van der Waals surface area (Å²) in [6.07, 6.45) is 0. The molecular formula is C17H14O3. The maximum Gasteiger partial charge on any atom is 0.337 e. The van der Waals surface area contributed by atoms with Crippen molar-refractivity contribution in [2.45, 2.75) is 0 Å².